The first-order valence-corrected chi connectivity index (χ1v) is 17.8. The number of rotatable bonds is 13. The minimum Gasteiger partial charge on any atom is -0.456 e. The highest BCUT2D eigenvalue weighted by atomic mass is 32.2. The number of β-lactam (4-membered cyclic amide) rings is 1. The van der Waals surface area contributed by atoms with Crippen LogP contribution < -0.4 is 15.9 Å². The quantitative estimate of drug-likeness (QED) is 0.0255. The van der Waals surface area contributed by atoms with E-state index in [1.165, 1.54) is 29.2 Å². The minimum atomic E-state index is -3.25. The highest BCUT2D eigenvalue weighted by Gasteiger charge is 2.48. The lowest BCUT2D eigenvalue weighted by molar-refractivity contribution is -0.384. The Labute approximate surface area is 286 Å². The average molecular weight is 693 g/mol. The van der Waals surface area contributed by atoms with Crippen molar-refractivity contribution in [2.45, 2.75) is 37.3 Å². The number of nitro groups is 1. The van der Waals surface area contributed by atoms with Gasteiger partial charge in [0.2, 0.25) is 5.91 Å². The van der Waals surface area contributed by atoms with Gasteiger partial charge < -0.3 is 4.74 Å². The number of carbonyl (C=O) groups is 3. The van der Waals surface area contributed by atoms with Gasteiger partial charge in [0, 0.05) is 30.4 Å². The molecule has 1 aliphatic rings. The highest BCUT2D eigenvalue weighted by molar-refractivity contribution is 8.14. The Balaban J connectivity index is 1.73. The number of ether oxygens (including phenoxy) is 1. The molecule has 0 aromatic heterocycles. The van der Waals surface area contributed by atoms with E-state index in [-0.39, 0.29) is 37.0 Å². The lowest BCUT2D eigenvalue weighted by Crippen LogP contribution is -2.59. The number of likely N-dealkylation sites (tertiary alicyclic amines) is 1. The molecular formula is C35H29N6O6PS. The van der Waals surface area contributed by atoms with Crippen molar-refractivity contribution < 1.29 is 24.0 Å². The van der Waals surface area contributed by atoms with E-state index in [4.69, 9.17) is 15.5 Å². The first-order valence-electron chi connectivity index (χ1n) is 15.1. The molecule has 1 aliphatic heterocycles. The van der Waals surface area contributed by atoms with Crippen LogP contribution in [0.25, 0.3) is 10.4 Å². The Morgan fingerprint density at radius 2 is 1.51 bits per heavy atom. The molecule has 49 heavy (non-hydrogen) atoms. The van der Waals surface area contributed by atoms with Gasteiger partial charge in [-0.1, -0.05) is 108 Å². The average Bonchev–Trinajstić information content (AvgIpc) is 3.13. The molecule has 0 radical (unpaired) electrons. The molecule has 0 aliphatic carbocycles. The number of nitriles is 1. The zero-order chi connectivity index (χ0) is 34.8. The van der Waals surface area contributed by atoms with Crippen LogP contribution in [0.4, 0.5) is 5.69 Å². The summed E-state index contributed by atoms with van der Waals surface area (Å²) in [6, 6.07) is 34.5. The highest BCUT2D eigenvalue weighted by Crippen LogP contribution is 2.49. The molecule has 0 spiro atoms. The zero-order valence-electron chi connectivity index (χ0n) is 25.9. The summed E-state index contributed by atoms with van der Waals surface area (Å²) in [7, 11) is 0. The molecule has 2 atom stereocenters. The second kappa shape index (κ2) is 16.0. The number of hydrogen-bond acceptors (Lipinski definition) is 9. The van der Waals surface area contributed by atoms with Crippen LogP contribution in [0.5, 0.6) is 0 Å². The maximum atomic E-state index is 14.7. The van der Waals surface area contributed by atoms with Gasteiger partial charge in [0.15, 0.2) is 5.12 Å². The third kappa shape index (κ3) is 7.42. The van der Waals surface area contributed by atoms with Gasteiger partial charge in [-0.25, -0.2) is 4.79 Å². The van der Waals surface area contributed by atoms with Crippen molar-refractivity contribution >= 4 is 62.7 Å². The molecular weight excluding hydrogens is 663 g/mol. The SMILES string of the molecule is N#CCCC(N=[N+]=[N-])C(=O)SC1CC(=O)N1C(C(=O)OCc1ccc([N+](=O)[O-])cc1)=P(c1ccccc1)(c1ccccc1)c1ccccc1. The molecule has 1 fully saturated rings. The van der Waals surface area contributed by atoms with E-state index in [1.807, 2.05) is 97.1 Å². The largest absolute Gasteiger partial charge is 0.456 e. The fourth-order valence-corrected chi connectivity index (χ4v) is 11.1. The van der Waals surface area contributed by atoms with E-state index in [2.05, 4.69) is 10.0 Å². The normalized spacial score (nSPS) is 14.4. The van der Waals surface area contributed by atoms with Gasteiger partial charge in [-0.15, -0.1) is 0 Å². The van der Waals surface area contributed by atoms with Gasteiger partial charge in [0.05, 0.1) is 22.8 Å². The Bertz CT molecular complexity index is 1900. The molecule has 5 rings (SSSR count). The van der Waals surface area contributed by atoms with E-state index in [1.54, 1.807) is 0 Å². The number of nitro benzene ring substituents is 1. The third-order valence-electron chi connectivity index (χ3n) is 7.83. The van der Waals surface area contributed by atoms with Crippen LogP contribution in [-0.4, -0.2) is 43.6 Å². The predicted octanol–water partition coefficient (Wildman–Crippen LogP) is 5.56. The minimum absolute atomic E-state index is 0.00982. The van der Waals surface area contributed by atoms with Crippen molar-refractivity contribution in [3.63, 3.8) is 0 Å². The summed E-state index contributed by atoms with van der Waals surface area (Å²) >= 11 is 0.780. The molecule has 14 heteroatoms. The summed E-state index contributed by atoms with van der Waals surface area (Å²) in [4.78, 5) is 56.7. The standard InChI is InChI=1S/C35H29N6O6PS/c36-22-10-17-30(38-39-37)35(44)49-32-23-31(42)40(32)33(34(43)47-24-25-18-20-26(21-19-25)41(45)46)48(27-11-4-1-5-12-27,28-13-6-2-7-14-28)29-15-8-3-9-16-29/h1-9,11-16,18-21,30,32H,10,17,23-24H2. The molecule has 246 valence electrons. The van der Waals surface area contributed by atoms with Gasteiger partial charge in [0.1, 0.15) is 18.1 Å². The van der Waals surface area contributed by atoms with Crippen LogP contribution in [0.15, 0.2) is 120 Å². The Hall–Kier alpha value is -5.66. The van der Waals surface area contributed by atoms with Crippen LogP contribution in [0.3, 0.4) is 0 Å². The van der Waals surface area contributed by atoms with Gasteiger partial charge in [-0.2, -0.15) is 5.26 Å². The number of non-ortho nitro benzene ring substituents is 1. The number of esters is 1. The second-order valence-electron chi connectivity index (χ2n) is 10.8. The molecule has 1 saturated heterocycles. The number of nitrogens with zero attached hydrogens (tertiary/aromatic N) is 6. The van der Waals surface area contributed by atoms with Crippen molar-refractivity contribution in [3.8, 4) is 6.07 Å². The number of azide groups is 1. The van der Waals surface area contributed by atoms with Crippen LogP contribution in [0.2, 0.25) is 0 Å². The summed E-state index contributed by atoms with van der Waals surface area (Å²) < 4.78 is 5.95. The van der Waals surface area contributed by atoms with E-state index in [9.17, 15) is 24.5 Å². The molecule has 1 heterocycles. The van der Waals surface area contributed by atoms with E-state index in [0.717, 1.165) is 27.7 Å². The molecule has 4 aromatic carbocycles. The number of amides is 1. The maximum Gasteiger partial charge on any atom is 0.356 e. The number of hydrogen-bond donors (Lipinski definition) is 0. The summed E-state index contributed by atoms with van der Waals surface area (Å²) in [5.41, 5.74) is 9.51. The van der Waals surface area contributed by atoms with E-state index >= 15 is 0 Å². The van der Waals surface area contributed by atoms with E-state index < -0.39 is 40.2 Å². The first kappa shape index (κ1) is 34.7. The van der Waals surface area contributed by atoms with Gasteiger partial charge >= 0.3 is 5.97 Å². The lowest BCUT2D eigenvalue weighted by atomic mass is 10.2. The second-order valence-corrected chi connectivity index (χ2v) is 15.3. The summed E-state index contributed by atoms with van der Waals surface area (Å²) in [5.74, 6) is -1.21. The fourth-order valence-electron chi connectivity index (χ4n) is 5.53. The predicted molar refractivity (Wildman–Crippen MR) is 189 cm³/mol. The summed E-state index contributed by atoms with van der Waals surface area (Å²) in [6.45, 7) is -3.49. The van der Waals surface area contributed by atoms with Crippen molar-refractivity contribution in [2.24, 2.45) is 5.11 Å². The lowest BCUT2D eigenvalue weighted by Gasteiger charge is -2.44. The van der Waals surface area contributed by atoms with Crippen LogP contribution in [0, 0.1) is 21.4 Å². The van der Waals surface area contributed by atoms with Gasteiger partial charge in [0.25, 0.3) is 5.69 Å². The monoisotopic (exact) mass is 692 g/mol. The van der Waals surface area contributed by atoms with Crippen LogP contribution in [-0.2, 0) is 25.7 Å². The summed E-state index contributed by atoms with van der Waals surface area (Å²) in [5, 5.41) is 24.7. The topological polar surface area (TPSA) is 179 Å². The van der Waals surface area contributed by atoms with Crippen LogP contribution >= 0.6 is 18.6 Å². The van der Waals surface area contributed by atoms with Crippen molar-refractivity contribution in [1.29, 1.82) is 5.26 Å². The van der Waals surface area contributed by atoms with Crippen molar-refractivity contribution in [1.82, 2.24) is 4.90 Å². The zero-order valence-corrected chi connectivity index (χ0v) is 27.7. The smallest absolute Gasteiger partial charge is 0.356 e. The molecule has 2 unspecified atom stereocenters. The third-order valence-corrected chi connectivity index (χ3v) is 13.2. The van der Waals surface area contributed by atoms with Crippen molar-refractivity contribution in [3.05, 3.63) is 141 Å². The van der Waals surface area contributed by atoms with E-state index in [0.29, 0.717) is 5.56 Å². The molecule has 4 aromatic rings. The Kier molecular flexibility index (Phi) is 11.3. The van der Waals surface area contributed by atoms with Crippen LogP contribution in [0.1, 0.15) is 24.8 Å². The van der Waals surface area contributed by atoms with Gasteiger partial charge in [-0.3, -0.25) is 24.6 Å². The first-order chi connectivity index (χ1) is 23.8. The molecule has 0 saturated carbocycles. The summed E-state index contributed by atoms with van der Waals surface area (Å²) in [6.07, 6.45) is -0.0780. The van der Waals surface area contributed by atoms with Gasteiger partial charge in [-0.05, 0) is 45.6 Å². The number of thioether (sulfide) groups is 1. The molecule has 1 amide bonds. The molecule has 12 nitrogen and oxygen atoms in total. The Morgan fingerprint density at radius 3 is 1.96 bits per heavy atom. The van der Waals surface area contributed by atoms with Crippen molar-refractivity contribution in [2.75, 3.05) is 0 Å². The molecule has 0 bridgehead atoms. The number of benzene rings is 4. The maximum absolute atomic E-state index is 14.7. The molecule has 0 N–H and O–H groups in total. The fraction of sp³-hybridized carbons (Fsp3) is 0.171. The number of carbonyl (C=O) groups excluding carboxylic acids is 3. The Morgan fingerprint density at radius 1 is 0.980 bits per heavy atom.